The summed E-state index contributed by atoms with van der Waals surface area (Å²) < 4.78 is 26.1. The second-order valence-electron chi connectivity index (χ2n) is 3.53. The molecule has 0 fully saturated rings. The van der Waals surface area contributed by atoms with E-state index in [0.717, 1.165) is 12.1 Å². The van der Waals surface area contributed by atoms with Crippen LogP contribution in [0.4, 0.5) is 8.78 Å². The maximum Gasteiger partial charge on any atom is 0.193 e. The number of aliphatic imine (C=N–C) groups is 1. The molecule has 0 unspecified atom stereocenters. The van der Waals surface area contributed by atoms with E-state index in [1.54, 1.807) is 11.9 Å². The first kappa shape index (κ1) is 12.4. The summed E-state index contributed by atoms with van der Waals surface area (Å²) in [5, 5.41) is 2.92. The van der Waals surface area contributed by atoms with E-state index in [1.165, 1.54) is 6.07 Å². The number of rotatable bonds is 2. The number of nitrogens with one attached hydrogen (secondary N) is 1. The van der Waals surface area contributed by atoms with Gasteiger partial charge in [-0.15, -0.1) is 0 Å². The van der Waals surface area contributed by atoms with Crippen LogP contribution in [0.2, 0.25) is 0 Å². The second-order valence-corrected chi connectivity index (χ2v) is 3.53. The Bertz CT molecular complexity index is 389. The molecule has 0 aromatic heterocycles. The van der Waals surface area contributed by atoms with Gasteiger partial charge in [0.1, 0.15) is 11.6 Å². The predicted molar refractivity (Wildman–Crippen MR) is 60.2 cm³/mol. The van der Waals surface area contributed by atoms with Gasteiger partial charge in [0.05, 0.1) is 0 Å². The zero-order chi connectivity index (χ0) is 12.1. The van der Waals surface area contributed by atoms with Gasteiger partial charge in [0.15, 0.2) is 5.96 Å². The van der Waals surface area contributed by atoms with Crippen LogP contribution in [0.15, 0.2) is 23.2 Å². The minimum absolute atomic E-state index is 0.203. The number of halogens is 2. The largest absolute Gasteiger partial charge is 0.352 e. The molecule has 0 amide bonds. The van der Waals surface area contributed by atoms with E-state index in [9.17, 15) is 8.78 Å². The molecule has 0 heterocycles. The first-order chi connectivity index (χ1) is 7.54. The summed E-state index contributed by atoms with van der Waals surface area (Å²) in [7, 11) is 5.26. The third-order valence-electron chi connectivity index (χ3n) is 2.08. The number of hydrogen-bond donors (Lipinski definition) is 1. The lowest BCUT2D eigenvalue weighted by molar-refractivity contribution is 0.562. The molecule has 0 aliphatic rings. The topological polar surface area (TPSA) is 27.6 Å². The molecule has 0 saturated heterocycles. The van der Waals surface area contributed by atoms with E-state index in [4.69, 9.17) is 0 Å². The van der Waals surface area contributed by atoms with Gasteiger partial charge in [0.25, 0.3) is 0 Å². The lowest BCUT2D eigenvalue weighted by Gasteiger charge is -2.17. The van der Waals surface area contributed by atoms with Crippen LogP contribution in [0.3, 0.4) is 0 Å². The van der Waals surface area contributed by atoms with Gasteiger partial charge in [-0.3, -0.25) is 4.99 Å². The monoisotopic (exact) mass is 227 g/mol. The Morgan fingerprint density at radius 1 is 1.38 bits per heavy atom. The normalized spacial score (nSPS) is 11.4. The highest BCUT2D eigenvalue weighted by atomic mass is 19.1. The Balaban J connectivity index is 2.71. The van der Waals surface area contributed by atoms with Gasteiger partial charge < -0.3 is 10.2 Å². The number of benzene rings is 1. The molecule has 3 nitrogen and oxygen atoms in total. The van der Waals surface area contributed by atoms with Crippen LogP contribution in [-0.4, -0.2) is 32.0 Å². The molecule has 5 heteroatoms. The fourth-order valence-electron chi connectivity index (χ4n) is 1.29. The van der Waals surface area contributed by atoms with Crippen LogP contribution in [-0.2, 0) is 6.54 Å². The van der Waals surface area contributed by atoms with Crippen molar-refractivity contribution in [3.8, 4) is 0 Å². The lowest BCUT2D eigenvalue weighted by Crippen LogP contribution is -2.35. The van der Waals surface area contributed by atoms with Crippen LogP contribution in [0.5, 0.6) is 0 Å². The molecule has 16 heavy (non-hydrogen) atoms. The molecular weight excluding hydrogens is 212 g/mol. The summed E-state index contributed by atoms with van der Waals surface area (Å²) in [4.78, 5) is 5.73. The Hall–Kier alpha value is -1.65. The zero-order valence-corrected chi connectivity index (χ0v) is 9.59. The van der Waals surface area contributed by atoms with Crippen LogP contribution in [0.1, 0.15) is 5.56 Å². The maximum absolute atomic E-state index is 13.3. The minimum Gasteiger partial charge on any atom is -0.352 e. The quantitative estimate of drug-likeness (QED) is 0.614. The Labute approximate surface area is 93.8 Å². The van der Waals surface area contributed by atoms with Gasteiger partial charge in [-0.05, 0) is 18.2 Å². The summed E-state index contributed by atoms with van der Waals surface area (Å²) in [6, 6.07) is 3.38. The van der Waals surface area contributed by atoms with Crippen LogP contribution in [0.25, 0.3) is 0 Å². The van der Waals surface area contributed by atoms with E-state index < -0.39 is 11.6 Å². The number of guanidine groups is 1. The number of nitrogens with zero attached hydrogens (tertiary/aromatic N) is 2. The summed E-state index contributed by atoms with van der Waals surface area (Å²) in [5.74, 6) is -0.259. The van der Waals surface area contributed by atoms with Crippen molar-refractivity contribution in [1.82, 2.24) is 10.2 Å². The third-order valence-corrected chi connectivity index (χ3v) is 2.08. The zero-order valence-electron chi connectivity index (χ0n) is 9.59. The maximum atomic E-state index is 13.3. The molecule has 0 aliphatic carbocycles. The van der Waals surface area contributed by atoms with Crippen LogP contribution >= 0.6 is 0 Å². The van der Waals surface area contributed by atoms with Crippen LogP contribution < -0.4 is 5.32 Å². The molecule has 1 aromatic carbocycles. The van der Waals surface area contributed by atoms with Crippen molar-refractivity contribution in [3.63, 3.8) is 0 Å². The molecule has 1 rings (SSSR count). The van der Waals surface area contributed by atoms with E-state index in [-0.39, 0.29) is 12.1 Å². The number of hydrogen-bond acceptors (Lipinski definition) is 1. The third kappa shape index (κ3) is 3.18. The Kier molecular flexibility index (Phi) is 4.22. The second kappa shape index (κ2) is 5.44. The van der Waals surface area contributed by atoms with Crippen molar-refractivity contribution in [3.05, 3.63) is 35.4 Å². The lowest BCUT2D eigenvalue weighted by atomic mass is 10.2. The average Bonchev–Trinajstić information content (AvgIpc) is 2.23. The first-order valence-electron chi connectivity index (χ1n) is 4.86. The SMILES string of the molecule is CN=C(NCc1cc(F)ccc1F)N(C)C. The molecule has 0 atom stereocenters. The summed E-state index contributed by atoms with van der Waals surface area (Å²) in [6.45, 7) is 0.203. The van der Waals surface area contributed by atoms with Crippen LogP contribution in [0, 0.1) is 11.6 Å². The van der Waals surface area contributed by atoms with Gasteiger partial charge in [0, 0.05) is 33.3 Å². The molecule has 88 valence electrons. The van der Waals surface area contributed by atoms with Crippen molar-refractivity contribution in [2.24, 2.45) is 4.99 Å². The van der Waals surface area contributed by atoms with E-state index in [1.807, 2.05) is 14.1 Å². The summed E-state index contributed by atoms with van der Waals surface area (Å²) in [5.41, 5.74) is 0.281. The van der Waals surface area contributed by atoms with E-state index >= 15 is 0 Å². The van der Waals surface area contributed by atoms with Crippen molar-refractivity contribution < 1.29 is 8.78 Å². The molecular formula is C11H15F2N3. The molecule has 1 N–H and O–H groups in total. The molecule has 0 saturated carbocycles. The van der Waals surface area contributed by atoms with Gasteiger partial charge in [-0.1, -0.05) is 0 Å². The Morgan fingerprint density at radius 3 is 2.62 bits per heavy atom. The molecule has 1 aromatic rings. The highest BCUT2D eigenvalue weighted by Crippen LogP contribution is 2.09. The first-order valence-corrected chi connectivity index (χ1v) is 4.86. The molecule has 0 spiro atoms. The fraction of sp³-hybridized carbons (Fsp3) is 0.364. The highest BCUT2D eigenvalue weighted by molar-refractivity contribution is 5.79. The van der Waals surface area contributed by atoms with E-state index in [2.05, 4.69) is 10.3 Å². The molecule has 0 aliphatic heterocycles. The predicted octanol–water partition coefficient (Wildman–Crippen LogP) is 1.60. The smallest absolute Gasteiger partial charge is 0.193 e. The Morgan fingerprint density at radius 2 is 2.06 bits per heavy atom. The van der Waals surface area contributed by atoms with Crippen molar-refractivity contribution in [2.75, 3.05) is 21.1 Å². The fourth-order valence-corrected chi connectivity index (χ4v) is 1.29. The summed E-state index contributed by atoms with van der Waals surface area (Å²) in [6.07, 6.45) is 0. The van der Waals surface area contributed by atoms with E-state index in [0.29, 0.717) is 5.96 Å². The van der Waals surface area contributed by atoms with Crippen molar-refractivity contribution in [2.45, 2.75) is 6.54 Å². The standard InChI is InChI=1S/C11H15F2N3/c1-14-11(16(2)3)15-7-8-6-9(12)4-5-10(8)13/h4-6H,7H2,1-3H3,(H,14,15). The average molecular weight is 227 g/mol. The highest BCUT2D eigenvalue weighted by Gasteiger charge is 2.05. The van der Waals surface area contributed by atoms with Gasteiger partial charge >= 0.3 is 0 Å². The van der Waals surface area contributed by atoms with Gasteiger partial charge in [-0.25, -0.2) is 8.78 Å². The summed E-state index contributed by atoms with van der Waals surface area (Å²) >= 11 is 0. The van der Waals surface area contributed by atoms with Gasteiger partial charge in [0.2, 0.25) is 0 Å². The molecule has 0 bridgehead atoms. The van der Waals surface area contributed by atoms with Gasteiger partial charge in [-0.2, -0.15) is 0 Å². The minimum atomic E-state index is -0.446. The molecule has 0 radical (unpaired) electrons. The van der Waals surface area contributed by atoms with Crippen molar-refractivity contribution in [1.29, 1.82) is 0 Å². The van der Waals surface area contributed by atoms with Crippen molar-refractivity contribution >= 4 is 5.96 Å².